The lowest BCUT2D eigenvalue weighted by atomic mass is 9.74. The van der Waals surface area contributed by atoms with Gasteiger partial charge in [-0.3, -0.25) is 9.69 Å². The van der Waals surface area contributed by atoms with Crippen LogP contribution in [0.3, 0.4) is 0 Å². The standard InChI is InChI=1S/C31H36F4N2O4/c1-18(2)30(29(40)36-16-23-12-24(31(33,34)35)4-5-27(23)41-17-36)8-6-26(15-30)37-9-7-20(10-19(37)3)21-11-22(28(38)39)14-25(32)13-21/h4-5,11-14,18-20,26H,6-10,15-17H2,1-3H3,(H,38,39)/t19?,20?,26-,30+/m1/s1. The topological polar surface area (TPSA) is 70.1 Å². The Hall–Kier alpha value is -3.14. The largest absolute Gasteiger partial charge is 0.478 e. The first-order chi connectivity index (χ1) is 19.3. The van der Waals surface area contributed by atoms with Crippen molar-refractivity contribution in [3.8, 4) is 5.75 Å². The van der Waals surface area contributed by atoms with Crippen molar-refractivity contribution in [2.24, 2.45) is 11.3 Å². The zero-order valence-corrected chi connectivity index (χ0v) is 23.5. The zero-order chi connectivity index (χ0) is 29.7. The first-order valence-electron chi connectivity index (χ1n) is 14.2. The minimum atomic E-state index is -4.48. The Kier molecular flexibility index (Phi) is 7.82. The molecular formula is C31H36F4N2O4. The fraction of sp³-hybridized carbons (Fsp3) is 0.548. The summed E-state index contributed by atoms with van der Waals surface area (Å²) in [7, 11) is 0. The van der Waals surface area contributed by atoms with E-state index in [4.69, 9.17) is 4.74 Å². The van der Waals surface area contributed by atoms with E-state index in [1.807, 2.05) is 13.8 Å². The molecule has 0 spiro atoms. The summed E-state index contributed by atoms with van der Waals surface area (Å²) in [5.74, 6) is -1.35. The van der Waals surface area contributed by atoms with Gasteiger partial charge in [-0.05, 0) is 99.4 Å². The van der Waals surface area contributed by atoms with Crippen LogP contribution in [0.15, 0.2) is 36.4 Å². The van der Waals surface area contributed by atoms with Crippen molar-refractivity contribution in [1.29, 1.82) is 0 Å². The third-order valence-electron chi connectivity index (χ3n) is 9.50. The molecule has 41 heavy (non-hydrogen) atoms. The maximum atomic E-state index is 14.1. The minimum absolute atomic E-state index is 0.00407. The average molecular weight is 577 g/mol. The Morgan fingerprint density at radius 2 is 1.88 bits per heavy atom. The van der Waals surface area contributed by atoms with Crippen molar-refractivity contribution in [1.82, 2.24) is 9.80 Å². The summed E-state index contributed by atoms with van der Waals surface area (Å²) in [5, 5.41) is 9.34. The van der Waals surface area contributed by atoms with Crippen molar-refractivity contribution in [2.75, 3.05) is 13.3 Å². The summed E-state index contributed by atoms with van der Waals surface area (Å²) < 4.78 is 59.8. The predicted molar refractivity (Wildman–Crippen MR) is 144 cm³/mol. The summed E-state index contributed by atoms with van der Waals surface area (Å²) in [4.78, 5) is 29.4. The Morgan fingerprint density at radius 3 is 2.54 bits per heavy atom. The second-order valence-corrected chi connectivity index (χ2v) is 12.2. The smallest absolute Gasteiger partial charge is 0.416 e. The number of alkyl halides is 3. The predicted octanol–water partition coefficient (Wildman–Crippen LogP) is 6.68. The van der Waals surface area contributed by atoms with Crippen molar-refractivity contribution in [3.05, 3.63) is 64.5 Å². The Balaban J connectivity index is 1.29. The molecule has 5 rings (SSSR count). The quantitative estimate of drug-likeness (QED) is 0.402. The maximum absolute atomic E-state index is 14.1. The van der Waals surface area contributed by atoms with E-state index in [0.29, 0.717) is 29.7 Å². The molecule has 1 saturated heterocycles. The van der Waals surface area contributed by atoms with Crippen molar-refractivity contribution < 1.29 is 37.0 Å². The summed E-state index contributed by atoms with van der Waals surface area (Å²) in [5.41, 5.74) is -0.408. The van der Waals surface area contributed by atoms with E-state index >= 15 is 0 Å². The number of carbonyl (C=O) groups is 2. The highest BCUT2D eigenvalue weighted by atomic mass is 19.4. The van der Waals surface area contributed by atoms with Crippen LogP contribution < -0.4 is 4.74 Å². The number of carboxylic acids is 1. The van der Waals surface area contributed by atoms with E-state index in [1.54, 1.807) is 11.0 Å². The van der Waals surface area contributed by atoms with Gasteiger partial charge in [0, 0.05) is 17.6 Å². The fourth-order valence-electron chi connectivity index (χ4n) is 7.17. The van der Waals surface area contributed by atoms with Crippen LogP contribution in [0.4, 0.5) is 17.6 Å². The van der Waals surface area contributed by atoms with Gasteiger partial charge in [0.25, 0.3) is 0 Å². The fourth-order valence-corrected chi connectivity index (χ4v) is 7.17. The summed E-state index contributed by atoms with van der Waals surface area (Å²) in [6.07, 6.45) is -0.821. The van der Waals surface area contributed by atoms with Crippen LogP contribution in [0.5, 0.6) is 5.75 Å². The molecule has 2 fully saturated rings. The van der Waals surface area contributed by atoms with Gasteiger partial charge in [0.05, 0.1) is 23.1 Å². The molecule has 1 N–H and O–H groups in total. The van der Waals surface area contributed by atoms with E-state index in [1.165, 1.54) is 12.1 Å². The number of carbonyl (C=O) groups excluding carboxylic acids is 1. The maximum Gasteiger partial charge on any atom is 0.416 e. The number of carboxylic acid groups (broad SMARTS) is 1. The molecule has 10 heteroatoms. The number of rotatable bonds is 5. The van der Waals surface area contributed by atoms with Gasteiger partial charge in [0.1, 0.15) is 11.6 Å². The van der Waals surface area contributed by atoms with E-state index in [9.17, 15) is 32.3 Å². The number of hydrogen-bond acceptors (Lipinski definition) is 4. The molecule has 0 bridgehead atoms. The zero-order valence-electron chi connectivity index (χ0n) is 23.5. The number of amides is 1. The number of ether oxygens (including phenoxy) is 1. The number of benzene rings is 2. The average Bonchev–Trinajstić information content (AvgIpc) is 3.37. The number of fused-ring (bicyclic) bond motifs is 1. The van der Waals surface area contributed by atoms with Gasteiger partial charge in [-0.2, -0.15) is 13.2 Å². The van der Waals surface area contributed by atoms with Crippen molar-refractivity contribution in [3.63, 3.8) is 0 Å². The van der Waals surface area contributed by atoms with Crippen LogP contribution in [0.2, 0.25) is 0 Å². The third kappa shape index (κ3) is 5.67. The summed E-state index contributed by atoms with van der Waals surface area (Å²) >= 11 is 0. The van der Waals surface area contributed by atoms with Gasteiger partial charge in [-0.15, -0.1) is 0 Å². The molecule has 2 aromatic rings. The van der Waals surface area contributed by atoms with Crippen LogP contribution in [-0.4, -0.2) is 52.1 Å². The normalized spacial score (nSPS) is 27.0. The van der Waals surface area contributed by atoms with E-state index in [2.05, 4.69) is 11.8 Å². The van der Waals surface area contributed by atoms with Gasteiger partial charge >= 0.3 is 12.1 Å². The van der Waals surface area contributed by atoms with E-state index in [-0.39, 0.29) is 48.7 Å². The second-order valence-electron chi connectivity index (χ2n) is 12.2. The molecule has 3 aliphatic rings. The lowest BCUT2D eigenvalue weighted by Crippen LogP contribution is -2.50. The molecule has 2 unspecified atom stereocenters. The molecule has 6 nitrogen and oxygen atoms in total. The highest BCUT2D eigenvalue weighted by molar-refractivity contribution is 5.87. The number of nitrogens with zero attached hydrogens (tertiary/aromatic N) is 2. The monoisotopic (exact) mass is 576 g/mol. The molecule has 2 heterocycles. The van der Waals surface area contributed by atoms with Crippen LogP contribution in [-0.2, 0) is 17.5 Å². The molecule has 2 aromatic carbocycles. The van der Waals surface area contributed by atoms with Gasteiger partial charge < -0.3 is 14.7 Å². The number of piperidine rings is 1. The molecule has 0 radical (unpaired) electrons. The first kappa shape index (κ1) is 29.4. The van der Waals surface area contributed by atoms with Crippen molar-refractivity contribution in [2.45, 2.75) is 83.6 Å². The molecule has 1 aliphatic carbocycles. The van der Waals surface area contributed by atoms with Crippen LogP contribution in [0.25, 0.3) is 0 Å². The van der Waals surface area contributed by atoms with Crippen LogP contribution in [0.1, 0.15) is 85.8 Å². The molecule has 4 atom stereocenters. The Morgan fingerprint density at radius 1 is 1.12 bits per heavy atom. The van der Waals surface area contributed by atoms with Gasteiger partial charge in [0.15, 0.2) is 6.73 Å². The molecule has 1 amide bonds. The molecule has 2 aliphatic heterocycles. The van der Waals surface area contributed by atoms with E-state index in [0.717, 1.165) is 44.0 Å². The SMILES string of the molecule is CC1CC(c2cc(F)cc(C(=O)O)c2)CCN1[C@@H]1CC[C@@](C(=O)N2COc3ccc(C(F)(F)F)cc3C2)(C(C)C)C1. The number of aromatic carboxylic acids is 1. The van der Waals surface area contributed by atoms with Gasteiger partial charge in [-0.1, -0.05) is 13.8 Å². The lowest BCUT2D eigenvalue weighted by molar-refractivity contribution is -0.150. The Bertz CT molecular complexity index is 1330. The Labute approximate surface area is 237 Å². The van der Waals surface area contributed by atoms with Crippen LogP contribution >= 0.6 is 0 Å². The number of halogens is 4. The first-order valence-corrected chi connectivity index (χ1v) is 14.2. The van der Waals surface area contributed by atoms with Crippen LogP contribution in [0, 0.1) is 17.2 Å². The molecule has 222 valence electrons. The van der Waals surface area contributed by atoms with Gasteiger partial charge in [-0.25, -0.2) is 9.18 Å². The second kappa shape index (κ2) is 10.9. The molecular weight excluding hydrogens is 540 g/mol. The summed E-state index contributed by atoms with van der Waals surface area (Å²) in [6, 6.07) is 7.72. The van der Waals surface area contributed by atoms with E-state index < -0.39 is 28.9 Å². The highest BCUT2D eigenvalue weighted by Gasteiger charge is 2.51. The van der Waals surface area contributed by atoms with Crippen molar-refractivity contribution >= 4 is 11.9 Å². The third-order valence-corrected chi connectivity index (χ3v) is 9.50. The number of likely N-dealkylation sites (tertiary alicyclic amines) is 1. The minimum Gasteiger partial charge on any atom is -0.478 e. The molecule has 0 aromatic heterocycles. The molecule has 1 saturated carbocycles. The van der Waals surface area contributed by atoms with Gasteiger partial charge in [0.2, 0.25) is 5.91 Å². The summed E-state index contributed by atoms with van der Waals surface area (Å²) in [6.45, 7) is 7.00. The number of hydrogen-bond donors (Lipinski definition) is 1. The highest BCUT2D eigenvalue weighted by Crippen LogP contribution is 2.49. The lowest BCUT2D eigenvalue weighted by Gasteiger charge is -2.43.